The van der Waals surface area contributed by atoms with E-state index in [4.69, 9.17) is 5.73 Å². The zero-order valence-electron chi connectivity index (χ0n) is 19.2. The van der Waals surface area contributed by atoms with E-state index in [0.717, 1.165) is 57.8 Å². The van der Waals surface area contributed by atoms with Crippen molar-refractivity contribution in [3.05, 3.63) is 0 Å². The number of nitrogens with two attached hydrogens (primary N) is 1. The highest BCUT2D eigenvalue weighted by Gasteiger charge is 2.49. The van der Waals surface area contributed by atoms with Crippen molar-refractivity contribution in [1.29, 1.82) is 0 Å². The fourth-order valence-electron chi connectivity index (χ4n) is 6.64. The predicted octanol–water partition coefficient (Wildman–Crippen LogP) is 1.89. The molecule has 0 aromatic heterocycles. The summed E-state index contributed by atoms with van der Waals surface area (Å²) in [6.07, 6.45) is 9.25. The van der Waals surface area contributed by atoms with E-state index in [1.807, 2.05) is 0 Å². The lowest BCUT2D eigenvalue weighted by molar-refractivity contribution is -0.155. The second kappa shape index (κ2) is 9.47. The van der Waals surface area contributed by atoms with Gasteiger partial charge in [0.2, 0.25) is 17.7 Å². The molecule has 1 aliphatic heterocycles. The minimum atomic E-state index is 0.0977. The molecule has 1 saturated heterocycles. The third-order valence-corrected chi connectivity index (χ3v) is 8.34. The molecule has 7 nitrogen and oxygen atoms in total. The van der Waals surface area contributed by atoms with Crippen LogP contribution >= 0.6 is 0 Å². The van der Waals surface area contributed by atoms with Crippen LogP contribution in [0.4, 0.5) is 0 Å². The Morgan fingerprint density at radius 3 is 2.16 bits per heavy atom. The summed E-state index contributed by atoms with van der Waals surface area (Å²) in [5.41, 5.74) is 5.50. The number of nitrogens with zero attached hydrogens (tertiary/aromatic N) is 2. The number of amides is 3. The molecule has 0 aromatic carbocycles. The van der Waals surface area contributed by atoms with Crippen molar-refractivity contribution >= 4 is 17.7 Å². The molecular formula is C24H40N4O3. The molecule has 4 fully saturated rings. The van der Waals surface area contributed by atoms with Gasteiger partial charge in [-0.25, -0.2) is 0 Å². The van der Waals surface area contributed by atoms with Gasteiger partial charge in [-0.2, -0.15) is 0 Å². The molecule has 4 rings (SSSR count). The van der Waals surface area contributed by atoms with Crippen molar-refractivity contribution < 1.29 is 14.4 Å². The summed E-state index contributed by atoms with van der Waals surface area (Å²) < 4.78 is 0. The zero-order valence-corrected chi connectivity index (χ0v) is 19.2. The Kier molecular flexibility index (Phi) is 6.89. The van der Waals surface area contributed by atoms with Gasteiger partial charge in [-0.1, -0.05) is 0 Å². The van der Waals surface area contributed by atoms with Gasteiger partial charge < -0.3 is 20.9 Å². The van der Waals surface area contributed by atoms with Crippen LogP contribution < -0.4 is 11.1 Å². The molecule has 3 saturated carbocycles. The average molecular weight is 433 g/mol. The molecule has 4 aliphatic rings. The third-order valence-electron chi connectivity index (χ3n) is 8.34. The molecular weight excluding hydrogens is 392 g/mol. The van der Waals surface area contributed by atoms with Gasteiger partial charge in [-0.15, -0.1) is 0 Å². The first-order chi connectivity index (χ1) is 14.9. The Morgan fingerprint density at radius 1 is 0.903 bits per heavy atom. The van der Waals surface area contributed by atoms with Crippen molar-refractivity contribution in [2.75, 3.05) is 19.6 Å². The van der Waals surface area contributed by atoms with Gasteiger partial charge >= 0.3 is 0 Å². The van der Waals surface area contributed by atoms with Crippen LogP contribution in [0.2, 0.25) is 0 Å². The number of carbonyl (C=O) groups is 3. The van der Waals surface area contributed by atoms with Crippen LogP contribution in [0, 0.1) is 23.7 Å². The molecule has 0 radical (unpaired) electrons. The number of carbonyl (C=O) groups excluding carboxylic acids is 3. The summed E-state index contributed by atoms with van der Waals surface area (Å²) in [5.74, 6) is 2.19. The van der Waals surface area contributed by atoms with E-state index in [2.05, 4.69) is 22.0 Å². The number of hydrogen-bond acceptors (Lipinski definition) is 4. The van der Waals surface area contributed by atoms with Gasteiger partial charge in [0.15, 0.2) is 0 Å². The van der Waals surface area contributed by atoms with Crippen molar-refractivity contribution in [2.45, 2.75) is 89.8 Å². The number of piperazine rings is 1. The lowest BCUT2D eigenvalue weighted by Gasteiger charge is -2.55. The highest BCUT2D eigenvalue weighted by Crippen LogP contribution is 2.45. The monoisotopic (exact) mass is 432 g/mol. The molecule has 31 heavy (non-hydrogen) atoms. The van der Waals surface area contributed by atoms with Gasteiger partial charge in [0.1, 0.15) is 0 Å². The summed E-state index contributed by atoms with van der Waals surface area (Å²) in [5, 5.41) is 2.94. The highest BCUT2D eigenvalue weighted by molar-refractivity contribution is 5.82. The van der Waals surface area contributed by atoms with Crippen molar-refractivity contribution in [2.24, 2.45) is 29.4 Å². The molecule has 7 heteroatoms. The summed E-state index contributed by atoms with van der Waals surface area (Å²) in [6, 6.07) is 0.427. The Hall–Kier alpha value is -1.63. The van der Waals surface area contributed by atoms with E-state index in [-0.39, 0.29) is 41.8 Å². The van der Waals surface area contributed by atoms with Crippen LogP contribution in [0.5, 0.6) is 0 Å². The standard InChI is InChI=1S/C24H40N4O3/c1-15-14-27(24(31)19-7-8-19)22-13-20(9-10-21(22)28(15)16(2)29)17-3-5-18(6-4-17)23(30)26-12-11-25/h15,17-22H,3-14,25H2,1-2H3,(H,26,30)/t15-,17?,18?,20?,21?,22?/m0/s1. The summed E-state index contributed by atoms with van der Waals surface area (Å²) in [7, 11) is 0. The van der Waals surface area contributed by atoms with Crippen LogP contribution in [0.3, 0.4) is 0 Å². The molecule has 1 heterocycles. The molecule has 3 aliphatic carbocycles. The highest BCUT2D eigenvalue weighted by atomic mass is 16.2. The van der Waals surface area contributed by atoms with Crippen LogP contribution in [0.1, 0.15) is 71.6 Å². The molecule has 0 spiro atoms. The first kappa shape index (κ1) is 22.6. The molecule has 3 N–H and O–H groups in total. The molecule has 4 atom stereocenters. The maximum absolute atomic E-state index is 13.1. The van der Waals surface area contributed by atoms with E-state index in [9.17, 15) is 14.4 Å². The molecule has 174 valence electrons. The van der Waals surface area contributed by atoms with E-state index >= 15 is 0 Å². The normalized spacial score (nSPS) is 36.0. The fraction of sp³-hybridized carbons (Fsp3) is 0.875. The van der Waals surface area contributed by atoms with Gasteiger partial charge in [-0.05, 0) is 76.5 Å². The van der Waals surface area contributed by atoms with E-state index in [0.29, 0.717) is 37.4 Å². The minimum absolute atomic E-state index is 0.0977. The summed E-state index contributed by atoms with van der Waals surface area (Å²) in [4.78, 5) is 42.0. The first-order valence-electron chi connectivity index (χ1n) is 12.5. The minimum Gasteiger partial charge on any atom is -0.355 e. The summed E-state index contributed by atoms with van der Waals surface area (Å²) >= 11 is 0. The molecule has 0 aromatic rings. The van der Waals surface area contributed by atoms with Crippen molar-refractivity contribution in [3.63, 3.8) is 0 Å². The fourth-order valence-corrected chi connectivity index (χ4v) is 6.64. The maximum atomic E-state index is 13.1. The number of rotatable bonds is 5. The summed E-state index contributed by atoms with van der Waals surface area (Å²) in [6.45, 7) is 5.48. The van der Waals surface area contributed by atoms with E-state index < -0.39 is 0 Å². The van der Waals surface area contributed by atoms with Gasteiger partial charge in [0.05, 0.1) is 12.1 Å². The van der Waals surface area contributed by atoms with Crippen LogP contribution in [0.25, 0.3) is 0 Å². The Labute approximate surface area is 186 Å². The Morgan fingerprint density at radius 2 is 1.55 bits per heavy atom. The van der Waals surface area contributed by atoms with Crippen LogP contribution in [-0.2, 0) is 14.4 Å². The first-order valence-corrected chi connectivity index (χ1v) is 12.5. The predicted molar refractivity (Wildman–Crippen MR) is 119 cm³/mol. The van der Waals surface area contributed by atoms with E-state index in [1.165, 1.54) is 0 Å². The number of nitrogens with one attached hydrogen (secondary N) is 1. The lowest BCUT2D eigenvalue weighted by atomic mass is 9.68. The topological polar surface area (TPSA) is 95.7 Å². The number of fused-ring (bicyclic) bond motifs is 1. The largest absolute Gasteiger partial charge is 0.355 e. The number of hydrogen-bond donors (Lipinski definition) is 2. The smallest absolute Gasteiger partial charge is 0.226 e. The van der Waals surface area contributed by atoms with Gasteiger partial charge in [0, 0.05) is 44.4 Å². The lowest BCUT2D eigenvalue weighted by Crippen LogP contribution is -2.67. The SMILES string of the molecule is CC(=O)N1C2CCC(C3CCC(C(=O)NCCN)CC3)CC2N(C(=O)C2CC2)C[C@@H]1C. The average Bonchev–Trinajstić information content (AvgIpc) is 3.61. The van der Waals surface area contributed by atoms with E-state index in [1.54, 1.807) is 6.92 Å². The second-order valence-electron chi connectivity index (χ2n) is 10.4. The Bertz CT molecular complexity index is 686. The van der Waals surface area contributed by atoms with Crippen molar-refractivity contribution in [3.8, 4) is 0 Å². The second-order valence-corrected chi connectivity index (χ2v) is 10.4. The molecule has 3 unspecified atom stereocenters. The van der Waals surface area contributed by atoms with Crippen LogP contribution in [0.15, 0.2) is 0 Å². The quantitative estimate of drug-likeness (QED) is 0.693. The molecule has 3 amide bonds. The Balaban J connectivity index is 1.41. The zero-order chi connectivity index (χ0) is 22.1. The van der Waals surface area contributed by atoms with Crippen molar-refractivity contribution in [1.82, 2.24) is 15.1 Å². The van der Waals surface area contributed by atoms with Gasteiger partial charge in [0.25, 0.3) is 0 Å². The molecule has 0 bridgehead atoms. The van der Waals surface area contributed by atoms with Crippen LogP contribution in [-0.4, -0.2) is 65.3 Å². The van der Waals surface area contributed by atoms with Gasteiger partial charge in [-0.3, -0.25) is 14.4 Å². The maximum Gasteiger partial charge on any atom is 0.226 e. The third kappa shape index (κ3) is 4.76.